The van der Waals surface area contributed by atoms with Crippen molar-refractivity contribution >= 4 is 15.7 Å². The summed E-state index contributed by atoms with van der Waals surface area (Å²) in [5, 5.41) is 2.89. The van der Waals surface area contributed by atoms with Crippen molar-refractivity contribution in [3.8, 4) is 11.5 Å². The normalized spacial score (nSPS) is 27.9. The number of hydrogen-bond acceptors (Lipinski definition) is 6. The number of nitrogens with one attached hydrogen (secondary N) is 1. The standard InChI is InChI=1S/C20H28N2O5S/c1-20(2)10-14-6-5-7-17(19(14)27-20)26-11-18(23)21-15-12-28(24,25)13-16(15)22-8-3-4-9-22/h5-7,15-16H,3-4,8-13H2,1-2H3,(H,21,23). The molecule has 154 valence electrons. The maximum atomic E-state index is 12.5. The largest absolute Gasteiger partial charge is 0.483 e. The summed E-state index contributed by atoms with van der Waals surface area (Å²) in [5.74, 6) is 1.06. The monoisotopic (exact) mass is 408 g/mol. The third kappa shape index (κ3) is 4.12. The number of ether oxygens (including phenoxy) is 2. The van der Waals surface area contributed by atoms with Gasteiger partial charge in [-0.2, -0.15) is 0 Å². The third-order valence-electron chi connectivity index (χ3n) is 5.69. The number of amides is 1. The molecule has 3 aliphatic heterocycles. The van der Waals surface area contributed by atoms with Crippen molar-refractivity contribution in [2.24, 2.45) is 0 Å². The number of benzene rings is 1. The Labute approximate surface area is 166 Å². The number of hydrogen-bond donors (Lipinski definition) is 1. The van der Waals surface area contributed by atoms with Crippen LogP contribution in [-0.4, -0.2) is 68.1 Å². The van der Waals surface area contributed by atoms with Crippen LogP contribution in [0.5, 0.6) is 11.5 Å². The highest BCUT2D eigenvalue weighted by Gasteiger charge is 2.42. The van der Waals surface area contributed by atoms with Crippen LogP contribution in [0.15, 0.2) is 18.2 Å². The lowest BCUT2D eigenvalue weighted by molar-refractivity contribution is -0.124. The average molecular weight is 409 g/mol. The van der Waals surface area contributed by atoms with Gasteiger partial charge in [-0.1, -0.05) is 12.1 Å². The molecule has 1 aromatic carbocycles. The minimum absolute atomic E-state index is 0.00204. The predicted octanol–water partition coefficient (Wildman–Crippen LogP) is 1.16. The fourth-order valence-electron chi connectivity index (χ4n) is 4.49. The van der Waals surface area contributed by atoms with E-state index >= 15 is 0 Å². The van der Waals surface area contributed by atoms with Crippen LogP contribution < -0.4 is 14.8 Å². The van der Waals surface area contributed by atoms with E-state index < -0.39 is 9.84 Å². The zero-order chi connectivity index (χ0) is 19.9. The second-order valence-corrected chi connectivity index (χ2v) is 10.8. The maximum Gasteiger partial charge on any atom is 0.258 e. The molecule has 2 saturated heterocycles. The fraction of sp³-hybridized carbons (Fsp3) is 0.650. The zero-order valence-corrected chi connectivity index (χ0v) is 17.3. The van der Waals surface area contributed by atoms with Gasteiger partial charge in [0, 0.05) is 18.0 Å². The van der Waals surface area contributed by atoms with Crippen LogP contribution in [-0.2, 0) is 21.1 Å². The van der Waals surface area contributed by atoms with Crippen molar-refractivity contribution in [1.29, 1.82) is 0 Å². The van der Waals surface area contributed by atoms with Gasteiger partial charge >= 0.3 is 0 Å². The zero-order valence-electron chi connectivity index (χ0n) is 16.4. The van der Waals surface area contributed by atoms with E-state index in [1.54, 1.807) is 6.07 Å². The highest BCUT2D eigenvalue weighted by atomic mass is 32.2. The number of fused-ring (bicyclic) bond motifs is 1. The van der Waals surface area contributed by atoms with E-state index in [0.29, 0.717) is 11.5 Å². The van der Waals surface area contributed by atoms with Crippen molar-refractivity contribution in [1.82, 2.24) is 10.2 Å². The molecule has 28 heavy (non-hydrogen) atoms. The molecule has 3 heterocycles. The van der Waals surface area contributed by atoms with E-state index in [2.05, 4.69) is 10.2 Å². The first-order valence-corrected chi connectivity index (χ1v) is 11.7. The molecule has 0 bridgehead atoms. The minimum Gasteiger partial charge on any atom is -0.483 e. The highest BCUT2D eigenvalue weighted by molar-refractivity contribution is 7.91. The van der Waals surface area contributed by atoms with Crippen LogP contribution in [0.4, 0.5) is 0 Å². The molecule has 3 aliphatic rings. The van der Waals surface area contributed by atoms with E-state index in [4.69, 9.17) is 9.47 Å². The molecular formula is C20H28N2O5S. The van der Waals surface area contributed by atoms with Gasteiger partial charge in [0.25, 0.3) is 5.91 Å². The minimum atomic E-state index is -3.13. The summed E-state index contributed by atoms with van der Waals surface area (Å²) < 4.78 is 36.0. The smallest absolute Gasteiger partial charge is 0.258 e. The fourth-order valence-corrected chi connectivity index (χ4v) is 6.44. The van der Waals surface area contributed by atoms with E-state index in [1.807, 2.05) is 26.0 Å². The molecule has 2 atom stereocenters. The van der Waals surface area contributed by atoms with Crippen molar-refractivity contribution in [2.75, 3.05) is 31.2 Å². The molecule has 1 N–H and O–H groups in total. The molecule has 0 aromatic heterocycles. The Morgan fingerprint density at radius 2 is 2.04 bits per heavy atom. The van der Waals surface area contributed by atoms with Gasteiger partial charge < -0.3 is 14.8 Å². The summed E-state index contributed by atoms with van der Waals surface area (Å²) >= 11 is 0. The lowest BCUT2D eigenvalue weighted by Crippen LogP contribution is -2.51. The Bertz CT molecular complexity index is 861. The number of para-hydroxylation sites is 1. The topological polar surface area (TPSA) is 84.9 Å². The Morgan fingerprint density at radius 3 is 2.79 bits per heavy atom. The number of nitrogens with zero attached hydrogens (tertiary/aromatic N) is 1. The summed E-state index contributed by atoms with van der Waals surface area (Å²) in [6.45, 7) is 5.66. The number of rotatable bonds is 5. The Hall–Kier alpha value is -1.80. The highest BCUT2D eigenvalue weighted by Crippen LogP contribution is 2.41. The van der Waals surface area contributed by atoms with E-state index in [9.17, 15) is 13.2 Å². The van der Waals surface area contributed by atoms with Crippen LogP contribution in [0.3, 0.4) is 0 Å². The predicted molar refractivity (Wildman–Crippen MR) is 106 cm³/mol. The Morgan fingerprint density at radius 1 is 1.29 bits per heavy atom. The first kappa shape index (κ1) is 19.5. The molecule has 8 heteroatoms. The van der Waals surface area contributed by atoms with Gasteiger partial charge in [0.15, 0.2) is 27.9 Å². The quantitative estimate of drug-likeness (QED) is 0.787. The first-order valence-electron chi connectivity index (χ1n) is 9.90. The SMILES string of the molecule is CC1(C)Cc2cccc(OCC(=O)NC3CS(=O)(=O)CC3N3CCCC3)c2O1. The summed E-state index contributed by atoms with van der Waals surface area (Å²) in [6.07, 6.45) is 2.95. The second kappa shape index (κ2) is 7.22. The number of carbonyl (C=O) groups excluding carboxylic acids is 1. The lowest BCUT2D eigenvalue weighted by Gasteiger charge is -2.28. The molecule has 0 spiro atoms. The van der Waals surface area contributed by atoms with Crippen LogP contribution in [0.2, 0.25) is 0 Å². The number of carbonyl (C=O) groups is 1. The first-order chi connectivity index (χ1) is 13.2. The third-order valence-corrected chi connectivity index (χ3v) is 7.41. The van der Waals surface area contributed by atoms with Gasteiger partial charge in [-0.15, -0.1) is 0 Å². The molecule has 0 saturated carbocycles. The molecule has 2 unspecified atom stereocenters. The number of sulfone groups is 1. The van der Waals surface area contributed by atoms with Gasteiger partial charge in [-0.3, -0.25) is 9.69 Å². The van der Waals surface area contributed by atoms with E-state index in [0.717, 1.165) is 37.9 Å². The average Bonchev–Trinajstić information content (AvgIpc) is 3.29. The van der Waals surface area contributed by atoms with Crippen molar-refractivity contribution in [3.05, 3.63) is 23.8 Å². The molecule has 4 rings (SSSR count). The molecular weight excluding hydrogens is 380 g/mol. The van der Waals surface area contributed by atoms with Gasteiger partial charge in [-0.25, -0.2) is 8.42 Å². The Balaban J connectivity index is 1.38. The Kier molecular flexibility index (Phi) is 5.03. The van der Waals surface area contributed by atoms with Crippen molar-refractivity contribution in [2.45, 2.75) is 50.8 Å². The van der Waals surface area contributed by atoms with Crippen LogP contribution >= 0.6 is 0 Å². The van der Waals surface area contributed by atoms with Gasteiger partial charge in [0.05, 0.1) is 17.5 Å². The van der Waals surface area contributed by atoms with Crippen LogP contribution in [0.1, 0.15) is 32.3 Å². The van der Waals surface area contributed by atoms with Gasteiger partial charge in [-0.05, 0) is 45.8 Å². The molecule has 2 fully saturated rings. The second-order valence-electron chi connectivity index (χ2n) is 8.63. The summed E-state index contributed by atoms with van der Waals surface area (Å²) in [7, 11) is -3.13. The van der Waals surface area contributed by atoms with Gasteiger partial charge in [0.2, 0.25) is 0 Å². The lowest BCUT2D eigenvalue weighted by atomic mass is 10.0. The molecule has 0 aliphatic carbocycles. The van der Waals surface area contributed by atoms with Gasteiger partial charge in [0.1, 0.15) is 5.60 Å². The van der Waals surface area contributed by atoms with Crippen molar-refractivity contribution in [3.63, 3.8) is 0 Å². The maximum absolute atomic E-state index is 12.5. The summed E-state index contributed by atoms with van der Waals surface area (Å²) in [4.78, 5) is 14.7. The van der Waals surface area contributed by atoms with Crippen LogP contribution in [0, 0.1) is 0 Å². The molecule has 0 radical (unpaired) electrons. The number of likely N-dealkylation sites (tertiary alicyclic amines) is 1. The van der Waals surface area contributed by atoms with E-state index in [-0.39, 0.29) is 41.7 Å². The summed E-state index contributed by atoms with van der Waals surface area (Å²) in [5.41, 5.74) is 0.782. The molecule has 7 nitrogen and oxygen atoms in total. The molecule has 1 amide bonds. The van der Waals surface area contributed by atoms with Crippen LogP contribution in [0.25, 0.3) is 0 Å². The van der Waals surface area contributed by atoms with E-state index in [1.165, 1.54) is 0 Å². The molecule has 1 aromatic rings. The summed E-state index contributed by atoms with van der Waals surface area (Å²) in [6, 6.07) is 5.17. The van der Waals surface area contributed by atoms with Crippen molar-refractivity contribution < 1.29 is 22.7 Å².